The Balaban J connectivity index is 0.000000531. The van der Waals surface area contributed by atoms with Crippen LogP contribution in [0, 0.1) is 11.8 Å². The Morgan fingerprint density at radius 1 is 1.00 bits per heavy atom. The van der Waals surface area contributed by atoms with Gasteiger partial charge in [-0.25, -0.2) is 0 Å². The van der Waals surface area contributed by atoms with Crippen LogP contribution in [0.4, 0.5) is 0 Å². The van der Waals surface area contributed by atoms with Crippen molar-refractivity contribution in [2.75, 3.05) is 6.54 Å². The third-order valence-corrected chi connectivity index (χ3v) is 3.45. The van der Waals surface area contributed by atoms with E-state index >= 15 is 0 Å². The van der Waals surface area contributed by atoms with Gasteiger partial charge in [0, 0.05) is 6.04 Å². The minimum absolute atomic E-state index is 0. The Morgan fingerprint density at radius 2 is 1.57 bits per heavy atom. The third kappa shape index (κ3) is 3.61. The maximum atomic E-state index is 3.58. The largest absolute Gasteiger partial charge is 0.314 e. The molecular weight excluding hydrogens is 170 g/mol. The van der Waals surface area contributed by atoms with E-state index in [2.05, 4.69) is 12.2 Å². The molecule has 0 aromatic carbocycles. The lowest BCUT2D eigenvalue weighted by atomic mass is 9.74. The summed E-state index contributed by atoms with van der Waals surface area (Å²) in [5.74, 6) is 2.10. The predicted molar refractivity (Wildman–Crippen MR) is 65.6 cm³/mol. The lowest BCUT2D eigenvalue weighted by Gasteiger charge is -2.38. The first-order valence-corrected chi connectivity index (χ1v) is 6.09. The molecule has 1 N–H and O–H groups in total. The summed E-state index contributed by atoms with van der Waals surface area (Å²) in [5.41, 5.74) is 0. The highest BCUT2D eigenvalue weighted by molar-refractivity contribution is 4.84. The second-order valence-electron chi connectivity index (χ2n) is 4.35. The van der Waals surface area contributed by atoms with E-state index in [4.69, 9.17) is 0 Å². The van der Waals surface area contributed by atoms with Crippen molar-refractivity contribution in [2.45, 2.75) is 66.3 Å². The second-order valence-corrected chi connectivity index (χ2v) is 4.35. The quantitative estimate of drug-likeness (QED) is 0.625. The van der Waals surface area contributed by atoms with E-state index in [9.17, 15) is 0 Å². The zero-order chi connectivity index (χ0) is 9.68. The first-order valence-electron chi connectivity index (χ1n) is 6.09. The maximum Gasteiger partial charge on any atom is 0.00415 e. The fourth-order valence-electron chi connectivity index (χ4n) is 2.75. The van der Waals surface area contributed by atoms with Gasteiger partial charge in [0.1, 0.15) is 0 Å². The summed E-state index contributed by atoms with van der Waals surface area (Å²) in [6, 6.07) is 0.786. The van der Waals surface area contributed by atoms with Crippen LogP contribution in [0.15, 0.2) is 0 Å². The zero-order valence-electron chi connectivity index (χ0n) is 9.47. The van der Waals surface area contributed by atoms with Crippen LogP contribution in [0.25, 0.3) is 0 Å². The first-order chi connectivity index (χ1) is 6.36. The predicted octanol–water partition coefficient (Wildman–Crippen LogP) is 3.84. The minimum Gasteiger partial charge on any atom is -0.314 e. The first kappa shape index (κ1) is 14.0. The van der Waals surface area contributed by atoms with E-state index in [1.807, 2.05) is 13.8 Å². The molecular formula is C13H29N. The summed E-state index contributed by atoms with van der Waals surface area (Å²) < 4.78 is 0. The number of piperidine rings is 1. The van der Waals surface area contributed by atoms with Crippen LogP contribution in [-0.4, -0.2) is 12.6 Å². The van der Waals surface area contributed by atoms with Crippen molar-refractivity contribution in [1.82, 2.24) is 5.32 Å². The number of hydrogen-bond acceptors (Lipinski definition) is 1. The standard InChI is InChI=1S/C10H19N.C2H6.CH4/c1-8-6-9-4-2-3-5-10(9)7-11-8;1-2;/h8-11H,2-7H2,1H3;1-2H3;1H4. The fourth-order valence-corrected chi connectivity index (χ4v) is 2.75. The van der Waals surface area contributed by atoms with Crippen LogP contribution in [0.5, 0.6) is 0 Å². The maximum absolute atomic E-state index is 3.58. The Labute approximate surface area is 90.7 Å². The molecule has 0 bridgehead atoms. The van der Waals surface area contributed by atoms with Gasteiger partial charge in [0.05, 0.1) is 0 Å². The molecule has 0 radical (unpaired) electrons. The van der Waals surface area contributed by atoms with Gasteiger partial charge in [-0.2, -0.15) is 0 Å². The monoisotopic (exact) mass is 199 g/mol. The highest BCUT2D eigenvalue weighted by atomic mass is 14.9. The molecule has 1 saturated heterocycles. The van der Waals surface area contributed by atoms with Gasteiger partial charge in [-0.3, -0.25) is 0 Å². The second kappa shape index (κ2) is 7.28. The van der Waals surface area contributed by atoms with Crippen LogP contribution >= 0.6 is 0 Å². The average molecular weight is 199 g/mol. The highest BCUT2D eigenvalue weighted by Crippen LogP contribution is 2.34. The summed E-state index contributed by atoms with van der Waals surface area (Å²) >= 11 is 0. The smallest absolute Gasteiger partial charge is 0.00415 e. The van der Waals surface area contributed by atoms with Crippen molar-refractivity contribution in [3.63, 3.8) is 0 Å². The summed E-state index contributed by atoms with van der Waals surface area (Å²) in [7, 11) is 0. The Kier molecular flexibility index (Phi) is 7.26. The van der Waals surface area contributed by atoms with Gasteiger partial charge in [0.25, 0.3) is 0 Å². The van der Waals surface area contributed by atoms with Gasteiger partial charge in [0.2, 0.25) is 0 Å². The molecule has 1 saturated carbocycles. The molecule has 2 rings (SSSR count). The topological polar surface area (TPSA) is 12.0 Å². The van der Waals surface area contributed by atoms with Crippen molar-refractivity contribution in [2.24, 2.45) is 11.8 Å². The van der Waals surface area contributed by atoms with Gasteiger partial charge < -0.3 is 5.32 Å². The molecule has 1 heteroatoms. The summed E-state index contributed by atoms with van der Waals surface area (Å²) in [5, 5.41) is 3.58. The summed E-state index contributed by atoms with van der Waals surface area (Å²) in [6.45, 7) is 7.62. The van der Waals surface area contributed by atoms with Crippen LogP contribution < -0.4 is 5.32 Å². The molecule has 2 aliphatic rings. The van der Waals surface area contributed by atoms with Gasteiger partial charge in [-0.15, -0.1) is 0 Å². The number of rotatable bonds is 0. The Hall–Kier alpha value is -0.0400. The van der Waals surface area contributed by atoms with Gasteiger partial charge in [0.15, 0.2) is 0 Å². The molecule has 0 aromatic heterocycles. The lowest BCUT2D eigenvalue weighted by Crippen LogP contribution is -2.43. The van der Waals surface area contributed by atoms with Crippen molar-refractivity contribution in [1.29, 1.82) is 0 Å². The van der Waals surface area contributed by atoms with Crippen LogP contribution in [-0.2, 0) is 0 Å². The molecule has 1 nitrogen and oxygen atoms in total. The van der Waals surface area contributed by atoms with Crippen molar-refractivity contribution >= 4 is 0 Å². The van der Waals surface area contributed by atoms with Gasteiger partial charge >= 0.3 is 0 Å². The Morgan fingerprint density at radius 3 is 2.21 bits per heavy atom. The molecule has 86 valence electrons. The molecule has 1 aliphatic carbocycles. The summed E-state index contributed by atoms with van der Waals surface area (Å²) in [4.78, 5) is 0. The van der Waals surface area contributed by atoms with Crippen molar-refractivity contribution < 1.29 is 0 Å². The minimum atomic E-state index is 0. The van der Waals surface area contributed by atoms with Crippen molar-refractivity contribution in [3.05, 3.63) is 0 Å². The SMILES string of the molecule is C.CC.CC1CC2CCCCC2CN1. The molecule has 1 heterocycles. The molecule has 14 heavy (non-hydrogen) atoms. The Bertz CT molecular complexity index is 133. The van der Waals surface area contributed by atoms with Crippen LogP contribution in [0.1, 0.15) is 60.3 Å². The summed E-state index contributed by atoms with van der Waals surface area (Å²) in [6.07, 6.45) is 7.41. The van der Waals surface area contributed by atoms with Crippen molar-refractivity contribution in [3.8, 4) is 0 Å². The van der Waals surface area contributed by atoms with E-state index < -0.39 is 0 Å². The van der Waals surface area contributed by atoms with E-state index in [-0.39, 0.29) is 7.43 Å². The number of hydrogen-bond donors (Lipinski definition) is 1. The average Bonchev–Trinajstić information content (AvgIpc) is 2.21. The molecule has 3 atom stereocenters. The molecule has 0 spiro atoms. The van der Waals surface area contributed by atoms with E-state index in [1.165, 1.54) is 38.6 Å². The highest BCUT2D eigenvalue weighted by Gasteiger charge is 2.29. The van der Waals surface area contributed by atoms with Crippen LogP contribution in [0.3, 0.4) is 0 Å². The van der Waals surface area contributed by atoms with Gasteiger partial charge in [-0.05, 0) is 38.1 Å². The molecule has 2 fully saturated rings. The normalized spacial score (nSPS) is 35.8. The van der Waals surface area contributed by atoms with E-state index in [0.29, 0.717) is 0 Å². The number of nitrogens with one attached hydrogen (secondary N) is 1. The molecule has 1 aliphatic heterocycles. The van der Waals surface area contributed by atoms with E-state index in [0.717, 1.165) is 17.9 Å². The lowest BCUT2D eigenvalue weighted by molar-refractivity contribution is 0.159. The van der Waals surface area contributed by atoms with E-state index in [1.54, 1.807) is 0 Å². The zero-order valence-corrected chi connectivity index (χ0v) is 9.47. The van der Waals surface area contributed by atoms with Crippen LogP contribution in [0.2, 0.25) is 0 Å². The number of fused-ring (bicyclic) bond motifs is 1. The molecule has 0 aromatic rings. The van der Waals surface area contributed by atoms with Gasteiger partial charge in [-0.1, -0.05) is 40.5 Å². The fraction of sp³-hybridized carbons (Fsp3) is 1.00. The molecule has 0 amide bonds. The third-order valence-electron chi connectivity index (χ3n) is 3.45. The molecule has 3 unspecified atom stereocenters.